The van der Waals surface area contributed by atoms with Crippen molar-refractivity contribution >= 4 is 5.69 Å². The van der Waals surface area contributed by atoms with Crippen molar-refractivity contribution < 1.29 is 0 Å². The maximum atomic E-state index is 3.28. The predicted molar refractivity (Wildman–Crippen MR) is 78.6 cm³/mol. The normalized spacial score (nSPS) is 15.9. The molecular formula is C17H18N2. The number of fused-ring (bicyclic) bond motifs is 4. The summed E-state index contributed by atoms with van der Waals surface area (Å²) in [5.74, 6) is 0. The number of rotatable bonds is 1. The Bertz CT molecular complexity index is 646. The molecule has 0 unspecified atom stereocenters. The number of benzene rings is 2. The molecule has 2 aromatic rings. The average molecular weight is 250 g/mol. The van der Waals surface area contributed by atoms with Gasteiger partial charge in [-0.05, 0) is 53.1 Å². The summed E-state index contributed by atoms with van der Waals surface area (Å²) in [6, 6.07) is 13.5. The molecule has 0 saturated carbocycles. The van der Waals surface area contributed by atoms with Gasteiger partial charge >= 0.3 is 0 Å². The summed E-state index contributed by atoms with van der Waals surface area (Å²) in [5, 5.41) is 2.26. The highest BCUT2D eigenvalue weighted by atomic mass is 15.5. The van der Waals surface area contributed by atoms with E-state index in [1.54, 1.807) is 11.1 Å². The number of hydrogen-bond acceptors (Lipinski definition) is 2. The molecule has 0 amide bonds. The van der Waals surface area contributed by atoms with Gasteiger partial charge in [-0.25, -0.2) is 5.43 Å². The summed E-state index contributed by atoms with van der Waals surface area (Å²) >= 11 is 0. The second-order valence-electron chi connectivity index (χ2n) is 5.45. The lowest BCUT2D eigenvalue weighted by atomic mass is 9.83. The van der Waals surface area contributed by atoms with Crippen molar-refractivity contribution in [2.45, 2.75) is 19.3 Å². The van der Waals surface area contributed by atoms with E-state index in [-0.39, 0.29) is 0 Å². The molecule has 1 N–H and O–H groups in total. The Kier molecular flexibility index (Phi) is 2.39. The zero-order valence-corrected chi connectivity index (χ0v) is 11.2. The molecule has 0 bridgehead atoms. The van der Waals surface area contributed by atoms with Gasteiger partial charge in [0.05, 0.1) is 5.69 Å². The van der Waals surface area contributed by atoms with Crippen molar-refractivity contribution in [2.75, 3.05) is 18.6 Å². The van der Waals surface area contributed by atoms with Gasteiger partial charge in [-0.3, -0.25) is 0 Å². The van der Waals surface area contributed by atoms with Gasteiger partial charge in [-0.1, -0.05) is 30.3 Å². The van der Waals surface area contributed by atoms with E-state index < -0.39 is 0 Å². The number of anilines is 1. The van der Waals surface area contributed by atoms with E-state index >= 15 is 0 Å². The van der Waals surface area contributed by atoms with Crippen molar-refractivity contribution in [1.29, 1.82) is 0 Å². The molecular weight excluding hydrogens is 232 g/mol. The summed E-state index contributed by atoms with van der Waals surface area (Å²) in [6.45, 7) is 1.09. The quantitative estimate of drug-likeness (QED) is 0.714. The smallest absolute Gasteiger partial charge is 0.0555 e. The second kappa shape index (κ2) is 4.10. The van der Waals surface area contributed by atoms with Crippen LogP contribution in [0.4, 0.5) is 5.69 Å². The molecule has 0 fully saturated rings. The average Bonchev–Trinajstić information content (AvgIpc) is 2.88. The molecule has 2 aliphatic rings. The Balaban J connectivity index is 1.83. The summed E-state index contributed by atoms with van der Waals surface area (Å²) < 4.78 is 0. The molecule has 1 heterocycles. The van der Waals surface area contributed by atoms with Gasteiger partial charge in [-0.2, -0.15) is 0 Å². The Morgan fingerprint density at radius 2 is 1.68 bits per heavy atom. The number of nitrogens with zero attached hydrogens (tertiary/aromatic N) is 1. The van der Waals surface area contributed by atoms with Crippen LogP contribution in [0.3, 0.4) is 0 Å². The minimum Gasteiger partial charge on any atom is -0.308 e. The second-order valence-corrected chi connectivity index (χ2v) is 5.45. The van der Waals surface area contributed by atoms with Crippen LogP contribution >= 0.6 is 0 Å². The molecule has 0 aromatic heterocycles. The molecule has 0 spiro atoms. The van der Waals surface area contributed by atoms with Crippen LogP contribution in [0.15, 0.2) is 36.4 Å². The first-order chi connectivity index (χ1) is 9.36. The predicted octanol–water partition coefficient (Wildman–Crippen LogP) is 2.68. The van der Waals surface area contributed by atoms with Crippen LogP contribution in [-0.4, -0.2) is 13.6 Å². The van der Waals surface area contributed by atoms with Crippen LogP contribution in [0.25, 0.3) is 0 Å². The van der Waals surface area contributed by atoms with Crippen molar-refractivity contribution in [1.82, 2.24) is 5.43 Å². The highest BCUT2D eigenvalue weighted by molar-refractivity contribution is 5.64. The molecule has 1 aliphatic heterocycles. The standard InChI is InChI=1S/C17H18N2/c1-18-19-9-8-15-16-11-13-5-3-2-4-12(13)10-14(16)6-7-17(15)19/h2-7,18H,8-11H2,1H3. The van der Waals surface area contributed by atoms with Gasteiger partial charge in [-0.15, -0.1) is 0 Å². The topological polar surface area (TPSA) is 15.3 Å². The highest BCUT2D eigenvalue weighted by Crippen LogP contribution is 2.36. The van der Waals surface area contributed by atoms with Gasteiger partial charge in [0.25, 0.3) is 0 Å². The molecule has 1 aliphatic carbocycles. The monoisotopic (exact) mass is 250 g/mol. The van der Waals surface area contributed by atoms with Crippen molar-refractivity contribution in [3.05, 3.63) is 64.2 Å². The number of nitrogens with one attached hydrogen (secondary N) is 1. The fourth-order valence-electron chi connectivity index (χ4n) is 3.52. The van der Waals surface area contributed by atoms with Crippen molar-refractivity contribution in [2.24, 2.45) is 0 Å². The molecule has 2 nitrogen and oxygen atoms in total. The van der Waals surface area contributed by atoms with Crippen LogP contribution < -0.4 is 10.4 Å². The molecule has 2 aromatic carbocycles. The highest BCUT2D eigenvalue weighted by Gasteiger charge is 2.25. The van der Waals surface area contributed by atoms with E-state index in [4.69, 9.17) is 0 Å². The van der Waals surface area contributed by atoms with Gasteiger partial charge < -0.3 is 5.01 Å². The Hall–Kier alpha value is -1.80. The van der Waals surface area contributed by atoms with Crippen LogP contribution in [0.5, 0.6) is 0 Å². The molecule has 0 saturated heterocycles. The minimum absolute atomic E-state index is 1.09. The van der Waals surface area contributed by atoms with Gasteiger partial charge in [0.15, 0.2) is 0 Å². The first-order valence-electron chi connectivity index (χ1n) is 7.02. The first-order valence-corrected chi connectivity index (χ1v) is 7.02. The Morgan fingerprint density at radius 3 is 2.47 bits per heavy atom. The molecule has 96 valence electrons. The summed E-state index contributed by atoms with van der Waals surface area (Å²) in [6.07, 6.45) is 3.37. The Morgan fingerprint density at radius 1 is 0.895 bits per heavy atom. The lowest BCUT2D eigenvalue weighted by Gasteiger charge is -2.23. The fourth-order valence-corrected chi connectivity index (χ4v) is 3.52. The summed E-state index contributed by atoms with van der Waals surface area (Å²) in [4.78, 5) is 0. The summed E-state index contributed by atoms with van der Waals surface area (Å²) in [7, 11) is 2.00. The van der Waals surface area contributed by atoms with E-state index in [2.05, 4.69) is 46.8 Å². The zero-order chi connectivity index (χ0) is 12.8. The third kappa shape index (κ3) is 1.60. The molecule has 19 heavy (non-hydrogen) atoms. The third-order valence-corrected chi connectivity index (χ3v) is 4.52. The van der Waals surface area contributed by atoms with Gasteiger partial charge in [0.2, 0.25) is 0 Å². The number of hydrogen-bond donors (Lipinski definition) is 1. The fraction of sp³-hybridized carbons (Fsp3) is 0.294. The van der Waals surface area contributed by atoms with Crippen LogP contribution in [0.1, 0.15) is 27.8 Å². The maximum absolute atomic E-state index is 3.28. The minimum atomic E-state index is 1.09. The van der Waals surface area contributed by atoms with Crippen LogP contribution in [0, 0.1) is 0 Å². The van der Waals surface area contributed by atoms with Crippen molar-refractivity contribution in [3.8, 4) is 0 Å². The SMILES string of the molecule is CNN1CCc2c1ccc1c2Cc2ccccc2C1. The van der Waals surface area contributed by atoms with Crippen LogP contribution in [0.2, 0.25) is 0 Å². The van der Waals surface area contributed by atoms with E-state index in [9.17, 15) is 0 Å². The van der Waals surface area contributed by atoms with E-state index in [1.165, 1.54) is 28.8 Å². The molecule has 4 rings (SSSR count). The van der Waals surface area contributed by atoms with Gasteiger partial charge in [0, 0.05) is 13.6 Å². The van der Waals surface area contributed by atoms with E-state index in [0.29, 0.717) is 0 Å². The third-order valence-electron chi connectivity index (χ3n) is 4.52. The first kappa shape index (κ1) is 11.1. The summed E-state index contributed by atoms with van der Waals surface area (Å²) in [5.41, 5.74) is 12.3. The van der Waals surface area contributed by atoms with E-state index in [1.807, 2.05) is 7.05 Å². The number of hydrazine groups is 1. The molecule has 2 heteroatoms. The van der Waals surface area contributed by atoms with Gasteiger partial charge in [0.1, 0.15) is 0 Å². The van der Waals surface area contributed by atoms with Crippen molar-refractivity contribution in [3.63, 3.8) is 0 Å². The lowest BCUT2D eigenvalue weighted by molar-refractivity contribution is 0.734. The van der Waals surface area contributed by atoms with E-state index in [0.717, 1.165) is 19.4 Å². The van der Waals surface area contributed by atoms with Crippen LogP contribution in [-0.2, 0) is 19.3 Å². The maximum Gasteiger partial charge on any atom is 0.0555 e. The lowest BCUT2D eigenvalue weighted by Crippen LogP contribution is -2.32. The zero-order valence-electron chi connectivity index (χ0n) is 11.2. The molecule has 0 atom stereocenters. The Labute approximate surface area is 114 Å². The molecule has 0 radical (unpaired) electrons. The largest absolute Gasteiger partial charge is 0.308 e.